The third-order valence-electron chi connectivity index (χ3n) is 3.03. The smallest absolute Gasteiger partial charge is 0.303 e. The Bertz CT molecular complexity index is 563. The van der Waals surface area contributed by atoms with Crippen molar-refractivity contribution >= 4 is 16.7 Å². The van der Waals surface area contributed by atoms with Crippen LogP contribution in [0.3, 0.4) is 0 Å². The highest BCUT2D eigenvalue weighted by Crippen LogP contribution is 2.19. The number of carboxylic acids is 1. The van der Waals surface area contributed by atoms with Gasteiger partial charge in [0, 0.05) is 6.42 Å². The van der Waals surface area contributed by atoms with Crippen LogP contribution in [0, 0.1) is 0 Å². The normalized spacial score (nSPS) is 10.7. The van der Waals surface area contributed by atoms with E-state index >= 15 is 0 Å². The van der Waals surface area contributed by atoms with E-state index in [1.807, 2.05) is 12.1 Å². The second-order valence-electron chi connectivity index (χ2n) is 4.45. The Hall–Kier alpha value is -1.87. The highest BCUT2D eigenvalue weighted by atomic mass is 16.4. The predicted octanol–water partition coefficient (Wildman–Crippen LogP) is 2.36. The molecule has 94 valence electrons. The molecule has 2 aromatic rings. The van der Waals surface area contributed by atoms with Crippen molar-refractivity contribution in [3.05, 3.63) is 47.5 Å². The molecule has 2 aromatic carbocycles. The second-order valence-corrected chi connectivity index (χ2v) is 4.45. The highest BCUT2D eigenvalue weighted by molar-refractivity contribution is 5.84. The number of aryl methyl sites for hydroxylation is 1. The van der Waals surface area contributed by atoms with Gasteiger partial charge in [-0.1, -0.05) is 36.4 Å². The number of rotatable bonds is 5. The quantitative estimate of drug-likeness (QED) is 0.847. The molecule has 2 rings (SSSR count). The van der Waals surface area contributed by atoms with Crippen LogP contribution in [-0.2, 0) is 17.6 Å². The van der Waals surface area contributed by atoms with Gasteiger partial charge >= 0.3 is 5.97 Å². The average Bonchev–Trinajstić information content (AvgIpc) is 2.36. The second kappa shape index (κ2) is 5.65. The molecule has 0 bridgehead atoms. The molecule has 0 aliphatic rings. The number of carbonyl (C=O) groups is 1. The van der Waals surface area contributed by atoms with E-state index < -0.39 is 5.97 Å². The first-order valence-electron chi connectivity index (χ1n) is 6.12. The van der Waals surface area contributed by atoms with Crippen LogP contribution in [0.5, 0.6) is 0 Å². The summed E-state index contributed by atoms with van der Waals surface area (Å²) in [5, 5.41) is 11.0. The molecule has 0 saturated heterocycles. The van der Waals surface area contributed by atoms with Gasteiger partial charge in [-0.15, -0.1) is 0 Å². The molecule has 0 saturated carbocycles. The molecule has 0 amide bonds. The molecule has 0 fully saturated rings. The fourth-order valence-corrected chi connectivity index (χ4v) is 2.07. The molecule has 0 unspecified atom stereocenters. The molecule has 0 aliphatic carbocycles. The fourth-order valence-electron chi connectivity index (χ4n) is 2.07. The number of carboxylic acid groups (broad SMARTS) is 1. The number of aliphatic carboxylic acids is 1. The predicted molar refractivity (Wildman–Crippen MR) is 72.7 cm³/mol. The molecule has 0 heterocycles. The van der Waals surface area contributed by atoms with Crippen molar-refractivity contribution in [2.75, 3.05) is 6.54 Å². The Morgan fingerprint density at radius 3 is 2.17 bits per heavy atom. The van der Waals surface area contributed by atoms with Gasteiger partial charge in [0.25, 0.3) is 0 Å². The van der Waals surface area contributed by atoms with Crippen LogP contribution in [0.2, 0.25) is 0 Å². The lowest BCUT2D eigenvalue weighted by atomic mass is 10.0. The van der Waals surface area contributed by atoms with Gasteiger partial charge in [0.2, 0.25) is 0 Å². The van der Waals surface area contributed by atoms with Crippen LogP contribution >= 0.6 is 0 Å². The Kier molecular flexibility index (Phi) is 3.95. The van der Waals surface area contributed by atoms with Gasteiger partial charge in [0.15, 0.2) is 0 Å². The highest BCUT2D eigenvalue weighted by Gasteiger charge is 2.01. The van der Waals surface area contributed by atoms with E-state index in [0.717, 1.165) is 17.4 Å². The largest absolute Gasteiger partial charge is 0.481 e. The van der Waals surface area contributed by atoms with Crippen molar-refractivity contribution in [3.63, 3.8) is 0 Å². The van der Waals surface area contributed by atoms with Crippen LogP contribution in [0.25, 0.3) is 10.8 Å². The number of benzene rings is 2. The maximum Gasteiger partial charge on any atom is 0.303 e. The van der Waals surface area contributed by atoms with Gasteiger partial charge in [-0.05, 0) is 41.3 Å². The number of fused-ring (bicyclic) bond motifs is 1. The molecular weight excluding hydrogens is 226 g/mol. The minimum absolute atomic E-state index is 0.175. The molecule has 3 N–H and O–H groups in total. The number of hydrogen-bond acceptors (Lipinski definition) is 2. The van der Waals surface area contributed by atoms with Crippen LogP contribution in [0.15, 0.2) is 36.4 Å². The van der Waals surface area contributed by atoms with E-state index in [9.17, 15) is 4.79 Å². The number of nitrogens with two attached hydrogens (primary N) is 1. The molecule has 0 aromatic heterocycles. The lowest BCUT2D eigenvalue weighted by Gasteiger charge is -2.05. The minimum atomic E-state index is -0.757. The standard InChI is InChI=1S/C15H17NO2/c16-8-7-12-2-5-13-4-1-11(3-6-15(17)18)9-14(13)10-12/h1-2,4-5,9-10H,3,6-8,16H2,(H,17,18). The minimum Gasteiger partial charge on any atom is -0.481 e. The molecule has 3 heteroatoms. The van der Waals surface area contributed by atoms with Gasteiger partial charge in [-0.3, -0.25) is 4.79 Å². The lowest BCUT2D eigenvalue weighted by molar-refractivity contribution is -0.136. The van der Waals surface area contributed by atoms with E-state index in [2.05, 4.69) is 24.3 Å². The Morgan fingerprint density at radius 2 is 1.61 bits per heavy atom. The SMILES string of the molecule is NCCc1ccc2ccc(CCC(=O)O)cc2c1. The Morgan fingerprint density at radius 1 is 1.00 bits per heavy atom. The van der Waals surface area contributed by atoms with E-state index in [1.165, 1.54) is 10.9 Å². The third kappa shape index (κ3) is 3.08. The van der Waals surface area contributed by atoms with Gasteiger partial charge in [0.1, 0.15) is 0 Å². The first kappa shape index (κ1) is 12.6. The summed E-state index contributed by atoms with van der Waals surface area (Å²) in [6, 6.07) is 12.4. The third-order valence-corrected chi connectivity index (χ3v) is 3.03. The fraction of sp³-hybridized carbons (Fsp3) is 0.267. The van der Waals surface area contributed by atoms with Crippen molar-refractivity contribution in [1.29, 1.82) is 0 Å². The summed E-state index contributed by atoms with van der Waals surface area (Å²) in [6.45, 7) is 0.643. The zero-order valence-corrected chi connectivity index (χ0v) is 10.2. The van der Waals surface area contributed by atoms with E-state index in [0.29, 0.717) is 13.0 Å². The number of hydrogen-bond donors (Lipinski definition) is 2. The van der Waals surface area contributed by atoms with Crippen LogP contribution in [-0.4, -0.2) is 17.6 Å². The van der Waals surface area contributed by atoms with Gasteiger partial charge in [-0.25, -0.2) is 0 Å². The maximum atomic E-state index is 10.6. The Labute approximate surface area is 106 Å². The van der Waals surface area contributed by atoms with E-state index in [-0.39, 0.29) is 6.42 Å². The summed E-state index contributed by atoms with van der Waals surface area (Å²) >= 11 is 0. The maximum absolute atomic E-state index is 10.6. The van der Waals surface area contributed by atoms with Gasteiger partial charge in [0.05, 0.1) is 0 Å². The van der Waals surface area contributed by atoms with Crippen LogP contribution in [0.1, 0.15) is 17.5 Å². The topological polar surface area (TPSA) is 63.3 Å². The summed E-state index contributed by atoms with van der Waals surface area (Å²) in [4.78, 5) is 10.6. The molecule has 0 spiro atoms. The van der Waals surface area contributed by atoms with Crippen LogP contribution < -0.4 is 5.73 Å². The van der Waals surface area contributed by atoms with Crippen molar-refractivity contribution in [2.45, 2.75) is 19.3 Å². The first-order chi connectivity index (χ1) is 8.69. The average molecular weight is 243 g/mol. The van der Waals surface area contributed by atoms with Crippen molar-refractivity contribution in [3.8, 4) is 0 Å². The van der Waals surface area contributed by atoms with Gasteiger partial charge < -0.3 is 10.8 Å². The molecule has 0 atom stereocenters. The zero-order chi connectivity index (χ0) is 13.0. The van der Waals surface area contributed by atoms with Crippen molar-refractivity contribution < 1.29 is 9.90 Å². The van der Waals surface area contributed by atoms with E-state index in [1.54, 1.807) is 0 Å². The summed E-state index contributed by atoms with van der Waals surface area (Å²) in [7, 11) is 0. The molecular formula is C15H17NO2. The molecule has 3 nitrogen and oxygen atoms in total. The Balaban J connectivity index is 2.27. The lowest BCUT2D eigenvalue weighted by Crippen LogP contribution is -2.02. The summed E-state index contributed by atoms with van der Waals surface area (Å²) in [5.74, 6) is -0.757. The van der Waals surface area contributed by atoms with E-state index in [4.69, 9.17) is 10.8 Å². The van der Waals surface area contributed by atoms with Gasteiger partial charge in [-0.2, -0.15) is 0 Å². The molecule has 0 radical (unpaired) electrons. The van der Waals surface area contributed by atoms with Crippen molar-refractivity contribution in [1.82, 2.24) is 0 Å². The zero-order valence-electron chi connectivity index (χ0n) is 10.2. The molecule has 18 heavy (non-hydrogen) atoms. The first-order valence-corrected chi connectivity index (χ1v) is 6.12. The summed E-state index contributed by atoms with van der Waals surface area (Å²) in [6.07, 6.45) is 1.62. The summed E-state index contributed by atoms with van der Waals surface area (Å²) < 4.78 is 0. The van der Waals surface area contributed by atoms with Crippen molar-refractivity contribution in [2.24, 2.45) is 5.73 Å². The monoisotopic (exact) mass is 243 g/mol. The summed E-state index contributed by atoms with van der Waals surface area (Å²) in [5.41, 5.74) is 7.84. The van der Waals surface area contributed by atoms with Crippen LogP contribution in [0.4, 0.5) is 0 Å². The molecule has 0 aliphatic heterocycles.